The van der Waals surface area contributed by atoms with Crippen LogP contribution in [0.1, 0.15) is 56.0 Å². The quantitative estimate of drug-likeness (QED) is 0.931. The second kappa shape index (κ2) is 6.00. The van der Waals surface area contributed by atoms with Gasteiger partial charge in [-0.3, -0.25) is 0 Å². The Morgan fingerprint density at radius 1 is 1.40 bits per heavy atom. The summed E-state index contributed by atoms with van der Waals surface area (Å²) >= 11 is 1.66. The molecule has 0 aromatic carbocycles. The van der Waals surface area contributed by atoms with E-state index in [-0.39, 0.29) is 6.61 Å². The van der Waals surface area contributed by atoms with Crippen molar-refractivity contribution >= 4 is 16.5 Å². The molecule has 3 rings (SSSR count). The van der Waals surface area contributed by atoms with E-state index >= 15 is 0 Å². The smallest absolute Gasteiger partial charge is 0.186 e. The zero-order chi connectivity index (χ0) is 14.1. The van der Waals surface area contributed by atoms with Crippen molar-refractivity contribution in [3.63, 3.8) is 0 Å². The van der Waals surface area contributed by atoms with Gasteiger partial charge in [0.25, 0.3) is 0 Å². The van der Waals surface area contributed by atoms with E-state index in [0.717, 1.165) is 28.9 Å². The summed E-state index contributed by atoms with van der Waals surface area (Å²) in [6.07, 6.45) is 5.33. The Hall–Kier alpha value is -0.650. The maximum absolute atomic E-state index is 9.54. The molecule has 0 spiro atoms. The summed E-state index contributed by atoms with van der Waals surface area (Å²) in [6.45, 7) is 6.11. The van der Waals surface area contributed by atoms with Gasteiger partial charge < -0.3 is 14.7 Å². The van der Waals surface area contributed by atoms with Crippen molar-refractivity contribution in [2.75, 3.05) is 18.1 Å². The highest BCUT2D eigenvalue weighted by molar-refractivity contribution is 7.15. The van der Waals surface area contributed by atoms with E-state index in [1.54, 1.807) is 11.3 Å². The Bertz CT molecular complexity index is 459. The van der Waals surface area contributed by atoms with Gasteiger partial charge in [-0.05, 0) is 18.8 Å². The number of aromatic nitrogens is 1. The van der Waals surface area contributed by atoms with Crippen molar-refractivity contribution in [3.05, 3.63) is 10.6 Å². The van der Waals surface area contributed by atoms with Crippen LogP contribution in [-0.2, 0) is 11.3 Å². The summed E-state index contributed by atoms with van der Waals surface area (Å²) in [5.41, 5.74) is 1.06. The molecule has 0 bridgehead atoms. The van der Waals surface area contributed by atoms with Crippen LogP contribution in [0.2, 0.25) is 0 Å². The number of thiazole rings is 1. The zero-order valence-electron chi connectivity index (χ0n) is 12.3. The van der Waals surface area contributed by atoms with Gasteiger partial charge in [0.2, 0.25) is 0 Å². The first-order valence-electron chi connectivity index (χ1n) is 7.69. The predicted octanol–water partition coefficient (Wildman–Crippen LogP) is 2.91. The predicted molar refractivity (Wildman–Crippen MR) is 81.5 cm³/mol. The molecular formula is C15H24N2O2S. The normalized spacial score (nSPS) is 26.9. The number of rotatable bonds is 3. The number of fused-ring (bicyclic) bond motifs is 1. The summed E-state index contributed by atoms with van der Waals surface area (Å²) < 4.78 is 5.93. The molecule has 2 heterocycles. The maximum atomic E-state index is 9.54. The minimum absolute atomic E-state index is 0.101. The zero-order valence-corrected chi connectivity index (χ0v) is 13.2. The van der Waals surface area contributed by atoms with Crippen LogP contribution in [0.5, 0.6) is 0 Å². The van der Waals surface area contributed by atoms with Gasteiger partial charge in [0, 0.05) is 6.54 Å². The lowest BCUT2D eigenvalue weighted by Gasteiger charge is -2.43. The van der Waals surface area contributed by atoms with Gasteiger partial charge in [-0.1, -0.05) is 38.0 Å². The topological polar surface area (TPSA) is 45.6 Å². The van der Waals surface area contributed by atoms with Crippen molar-refractivity contribution < 1.29 is 9.84 Å². The number of aliphatic hydroxyl groups is 1. The lowest BCUT2D eigenvalue weighted by Crippen LogP contribution is -2.52. The molecule has 1 N–H and O–H groups in total. The average molecular weight is 296 g/mol. The lowest BCUT2D eigenvalue weighted by atomic mass is 9.90. The third kappa shape index (κ3) is 2.59. The molecule has 2 atom stereocenters. The number of aliphatic hydroxyl groups excluding tert-OH is 1. The summed E-state index contributed by atoms with van der Waals surface area (Å²) in [7, 11) is 0. The van der Waals surface area contributed by atoms with E-state index in [2.05, 4.69) is 18.7 Å². The third-order valence-electron chi connectivity index (χ3n) is 4.38. The monoisotopic (exact) mass is 296 g/mol. The summed E-state index contributed by atoms with van der Waals surface area (Å²) in [6, 6.07) is 0.482. The van der Waals surface area contributed by atoms with Crippen LogP contribution in [0, 0.1) is 0 Å². The first-order valence-corrected chi connectivity index (χ1v) is 8.51. The van der Waals surface area contributed by atoms with E-state index in [4.69, 9.17) is 9.72 Å². The highest BCUT2D eigenvalue weighted by Gasteiger charge is 2.36. The SMILES string of the molecule is CC(C)c1nc(N2CCOC3CCCCC32)sc1CO. The molecule has 1 saturated carbocycles. The molecule has 1 saturated heterocycles. The van der Waals surface area contributed by atoms with Crippen molar-refractivity contribution in [1.29, 1.82) is 0 Å². The van der Waals surface area contributed by atoms with Crippen LogP contribution in [0.15, 0.2) is 0 Å². The molecule has 1 aliphatic carbocycles. The van der Waals surface area contributed by atoms with Crippen molar-refractivity contribution in [2.45, 2.75) is 64.2 Å². The Morgan fingerprint density at radius 3 is 2.90 bits per heavy atom. The molecule has 1 aliphatic heterocycles. The Balaban J connectivity index is 1.87. The Kier molecular flexibility index (Phi) is 4.29. The molecular weight excluding hydrogens is 272 g/mol. The molecule has 2 unspecified atom stereocenters. The third-order valence-corrected chi connectivity index (χ3v) is 5.48. The highest BCUT2D eigenvalue weighted by atomic mass is 32.1. The van der Waals surface area contributed by atoms with E-state index in [0.29, 0.717) is 18.1 Å². The summed E-state index contributed by atoms with van der Waals surface area (Å²) in [5, 5.41) is 10.6. The minimum atomic E-state index is 0.101. The van der Waals surface area contributed by atoms with Gasteiger partial charge in [0.1, 0.15) is 0 Å². The van der Waals surface area contributed by atoms with Crippen LogP contribution in [0.4, 0.5) is 5.13 Å². The molecule has 5 heteroatoms. The van der Waals surface area contributed by atoms with Gasteiger partial charge in [0.05, 0.1) is 35.9 Å². The number of morpholine rings is 1. The van der Waals surface area contributed by atoms with Crippen LogP contribution in [0.25, 0.3) is 0 Å². The van der Waals surface area contributed by atoms with Crippen LogP contribution < -0.4 is 4.90 Å². The Labute approximate surface area is 124 Å². The second-order valence-electron chi connectivity index (χ2n) is 6.07. The van der Waals surface area contributed by atoms with E-state index in [9.17, 15) is 5.11 Å². The van der Waals surface area contributed by atoms with Crippen LogP contribution in [-0.4, -0.2) is 35.4 Å². The van der Waals surface area contributed by atoms with Gasteiger partial charge >= 0.3 is 0 Å². The molecule has 4 nitrogen and oxygen atoms in total. The minimum Gasteiger partial charge on any atom is -0.391 e. The van der Waals surface area contributed by atoms with E-state index < -0.39 is 0 Å². The average Bonchev–Trinajstić information content (AvgIpc) is 2.91. The van der Waals surface area contributed by atoms with Crippen molar-refractivity contribution in [2.24, 2.45) is 0 Å². The fraction of sp³-hybridized carbons (Fsp3) is 0.800. The number of hydrogen-bond acceptors (Lipinski definition) is 5. The van der Waals surface area contributed by atoms with E-state index in [1.165, 1.54) is 25.7 Å². The summed E-state index contributed by atoms with van der Waals surface area (Å²) in [5.74, 6) is 0.366. The van der Waals surface area contributed by atoms with Gasteiger partial charge in [0.15, 0.2) is 5.13 Å². The molecule has 20 heavy (non-hydrogen) atoms. The largest absolute Gasteiger partial charge is 0.391 e. The second-order valence-corrected chi connectivity index (χ2v) is 7.13. The number of anilines is 1. The molecule has 2 aliphatic rings. The summed E-state index contributed by atoms with van der Waals surface area (Å²) in [4.78, 5) is 8.28. The first-order chi connectivity index (χ1) is 9.70. The molecule has 1 aromatic heterocycles. The molecule has 0 radical (unpaired) electrons. The fourth-order valence-corrected chi connectivity index (χ4v) is 4.53. The first kappa shape index (κ1) is 14.3. The molecule has 0 amide bonds. The van der Waals surface area contributed by atoms with Gasteiger partial charge in [-0.2, -0.15) is 0 Å². The standard InChI is InChI=1S/C15H24N2O2S/c1-10(2)14-13(9-18)20-15(16-14)17-7-8-19-12-6-4-3-5-11(12)17/h10-12,18H,3-9H2,1-2H3. The lowest BCUT2D eigenvalue weighted by molar-refractivity contribution is -0.00870. The van der Waals surface area contributed by atoms with Gasteiger partial charge in [-0.25, -0.2) is 4.98 Å². The molecule has 2 fully saturated rings. The van der Waals surface area contributed by atoms with Crippen LogP contribution in [0.3, 0.4) is 0 Å². The number of hydrogen-bond donors (Lipinski definition) is 1. The maximum Gasteiger partial charge on any atom is 0.186 e. The highest BCUT2D eigenvalue weighted by Crippen LogP contribution is 2.36. The Morgan fingerprint density at radius 2 is 2.20 bits per heavy atom. The van der Waals surface area contributed by atoms with Crippen molar-refractivity contribution in [3.8, 4) is 0 Å². The van der Waals surface area contributed by atoms with E-state index in [1.807, 2.05) is 0 Å². The van der Waals surface area contributed by atoms with Crippen molar-refractivity contribution in [1.82, 2.24) is 4.98 Å². The fourth-order valence-electron chi connectivity index (χ4n) is 3.37. The number of nitrogens with zero attached hydrogens (tertiary/aromatic N) is 2. The molecule has 1 aromatic rings. The van der Waals surface area contributed by atoms with Crippen LogP contribution >= 0.6 is 11.3 Å². The number of ether oxygens (including phenoxy) is 1. The molecule has 112 valence electrons. The van der Waals surface area contributed by atoms with Gasteiger partial charge in [-0.15, -0.1) is 0 Å².